The molecule has 9 aromatic carbocycles. The predicted molar refractivity (Wildman–Crippen MR) is 266 cm³/mol. The van der Waals surface area contributed by atoms with Gasteiger partial charge in [0, 0.05) is 59.4 Å². The Labute approximate surface area is 373 Å². The molecule has 0 saturated carbocycles. The molecule has 0 saturated heterocycles. The molecule has 0 aliphatic carbocycles. The van der Waals surface area contributed by atoms with Crippen LogP contribution in [0.1, 0.15) is 0 Å². The number of aromatic nitrogens is 3. The first-order valence-electron chi connectivity index (χ1n) is 21.3. The minimum Gasteiger partial charge on any atom is -0.456 e. The highest BCUT2D eigenvalue weighted by Crippen LogP contribution is 2.44. The standard InChI is InChI=1S/C57H37N5OS/c1-5-16-39(17-6-1)55-58-56(41-30-34-47-51(37-41)63-50-26-15-25-49(54(47)50)61(42-18-7-2-8-19-42)43-20-9-3-10-21-43)60-57(59-55)62(44-22-11-4-12-23-44)45-32-28-38(29-33-45)40-31-35-53-48(36-40)46-24-13-14-27-52(46)64-53/h1-37H. The first kappa shape index (κ1) is 37.4. The van der Waals surface area contributed by atoms with Gasteiger partial charge in [0.2, 0.25) is 5.95 Å². The van der Waals surface area contributed by atoms with Crippen molar-refractivity contribution in [2.24, 2.45) is 0 Å². The van der Waals surface area contributed by atoms with Crippen molar-refractivity contribution in [3.63, 3.8) is 0 Å². The Morgan fingerprint density at radius 3 is 1.61 bits per heavy atom. The van der Waals surface area contributed by atoms with Crippen molar-refractivity contribution in [1.29, 1.82) is 0 Å². The summed E-state index contributed by atoms with van der Waals surface area (Å²) >= 11 is 1.83. The molecule has 12 rings (SSSR count). The number of furan rings is 1. The molecule has 0 amide bonds. The van der Waals surface area contributed by atoms with Crippen LogP contribution in [-0.2, 0) is 0 Å². The van der Waals surface area contributed by atoms with Crippen LogP contribution in [0.25, 0.3) is 76.0 Å². The van der Waals surface area contributed by atoms with Gasteiger partial charge in [0.25, 0.3) is 0 Å². The van der Waals surface area contributed by atoms with Crippen LogP contribution in [0.2, 0.25) is 0 Å². The van der Waals surface area contributed by atoms with E-state index in [9.17, 15) is 0 Å². The summed E-state index contributed by atoms with van der Waals surface area (Å²) in [5, 5.41) is 4.60. The van der Waals surface area contributed by atoms with Crippen molar-refractivity contribution >= 4 is 87.8 Å². The monoisotopic (exact) mass is 839 g/mol. The summed E-state index contributed by atoms with van der Waals surface area (Å²) in [6, 6.07) is 77.8. The number of fused-ring (bicyclic) bond motifs is 6. The van der Waals surface area contributed by atoms with Gasteiger partial charge in [-0.2, -0.15) is 9.97 Å². The van der Waals surface area contributed by atoms with Crippen LogP contribution < -0.4 is 9.80 Å². The van der Waals surface area contributed by atoms with Gasteiger partial charge >= 0.3 is 0 Å². The van der Waals surface area contributed by atoms with Gasteiger partial charge in [0.15, 0.2) is 11.6 Å². The first-order chi connectivity index (χ1) is 31.7. The number of rotatable bonds is 9. The van der Waals surface area contributed by atoms with Crippen LogP contribution in [0.3, 0.4) is 0 Å². The molecular formula is C57H37N5OS. The minimum atomic E-state index is 0.502. The summed E-state index contributed by atoms with van der Waals surface area (Å²) in [6.07, 6.45) is 0. The third-order valence-corrected chi connectivity index (χ3v) is 12.9. The van der Waals surface area contributed by atoms with Crippen molar-refractivity contribution < 1.29 is 4.42 Å². The lowest BCUT2D eigenvalue weighted by Crippen LogP contribution is -2.15. The SMILES string of the molecule is c1ccc(-c2nc(-c3ccc4c(c3)oc3cccc(N(c5ccccc5)c5ccccc5)c34)nc(N(c3ccccc3)c3ccc(-c4ccc5sc6ccccc6c5c4)cc3)n2)cc1. The van der Waals surface area contributed by atoms with E-state index in [-0.39, 0.29) is 0 Å². The van der Waals surface area contributed by atoms with Gasteiger partial charge in [-0.1, -0.05) is 133 Å². The molecule has 0 spiro atoms. The van der Waals surface area contributed by atoms with Crippen LogP contribution >= 0.6 is 11.3 Å². The summed E-state index contributed by atoms with van der Waals surface area (Å²) in [5.41, 5.74) is 10.6. The Balaban J connectivity index is 0.981. The number of thiophene rings is 1. The fourth-order valence-corrected chi connectivity index (χ4v) is 9.78. The third kappa shape index (κ3) is 6.72. The number of nitrogens with zero attached hydrogens (tertiary/aromatic N) is 5. The number of anilines is 6. The molecule has 7 heteroatoms. The topological polar surface area (TPSA) is 58.3 Å². The zero-order chi connectivity index (χ0) is 42.4. The molecule has 3 aromatic heterocycles. The van der Waals surface area contributed by atoms with Gasteiger partial charge in [0.1, 0.15) is 11.2 Å². The molecule has 0 aliphatic heterocycles. The largest absolute Gasteiger partial charge is 0.456 e. The molecule has 0 fully saturated rings. The Morgan fingerprint density at radius 1 is 0.344 bits per heavy atom. The lowest BCUT2D eigenvalue weighted by molar-refractivity contribution is 0.669. The lowest BCUT2D eigenvalue weighted by atomic mass is 10.0. The maximum atomic E-state index is 6.69. The molecular weight excluding hydrogens is 803 g/mol. The molecule has 0 aliphatic rings. The third-order valence-electron chi connectivity index (χ3n) is 11.7. The predicted octanol–water partition coefficient (Wildman–Crippen LogP) is 16.1. The highest BCUT2D eigenvalue weighted by Gasteiger charge is 2.22. The summed E-state index contributed by atoms with van der Waals surface area (Å²) in [6.45, 7) is 0. The number of benzene rings is 9. The molecule has 0 N–H and O–H groups in total. The van der Waals surface area contributed by atoms with Crippen molar-refractivity contribution in [3.8, 4) is 33.9 Å². The van der Waals surface area contributed by atoms with Crippen molar-refractivity contribution in [2.45, 2.75) is 0 Å². The van der Waals surface area contributed by atoms with Crippen LogP contribution in [0, 0.1) is 0 Å². The highest BCUT2D eigenvalue weighted by atomic mass is 32.1. The second-order valence-electron chi connectivity index (χ2n) is 15.6. The van der Waals surface area contributed by atoms with Crippen molar-refractivity contribution in [3.05, 3.63) is 224 Å². The van der Waals surface area contributed by atoms with Gasteiger partial charge in [-0.3, -0.25) is 4.90 Å². The minimum absolute atomic E-state index is 0.502. The fraction of sp³-hybridized carbons (Fsp3) is 0. The molecule has 0 atom stereocenters. The van der Waals surface area contributed by atoms with Gasteiger partial charge in [0.05, 0.1) is 11.1 Å². The van der Waals surface area contributed by atoms with Crippen molar-refractivity contribution in [1.82, 2.24) is 15.0 Å². The lowest BCUT2D eigenvalue weighted by Gasteiger charge is -2.26. The molecule has 0 unspecified atom stereocenters. The molecule has 64 heavy (non-hydrogen) atoms. The molecule has 0 radical (unpaired) electrons. The highest BCUT2D eigenvalue weighted by molar-refractivity contribution is 7.25. The van der Waals surface area contributed by atoms with Crippen LogP contribution in [0.4, 0.5) is 34.4 Å². The van der Waals surface area contributed by atoms with E-state index in [4.69, 9.17) is 19.4 Å². The summed E-state index contributed by atoms with van der Waals surface area (Å²) < 4.78 is 9.28. The number of hydrogen-bond donors (Lipinski definition) is 0. The van der Waals surface area contributed by atoms with E-state index in [1.165, 1.54) is 25.7 Å². The number of para-hydroxylation sites is 3. The van der Waals surface area contributed by atoms with E-state index in [0.717, 1.165) is 67.1 Å². The van der Waals surface area contributed by atoms with E-state index in [0.29, 0.717) is 17.6 Å². The van der Waals surface area contributed by atoms with E-state index in [1.807, 2.05) is 78.1 Å². The second kappa shape index (κ2) is 15.8. The smallest absolute Gasteiger partial charge is 0.238 e. The molecule has 0 bridgehead atoms. The average molecular weight is 840 g/mol. The van der Waals surface area contributed by atoms with E-state index >= 15 is 0 Å². The Kier molecular flexibility index (Phi) is 9.24. The summed E-state index contributed by atoms with van der Waals surface area (Å²) in [4.78, 5) is 20.0. The zero-order valence-corrected chi connectivity index (χ0v) is 35.2. The Hall–Kier alpha value is -8.39. The zero-order valence-electron chi connectivity index (χ0n) is 34.4. The fourth-order valence-electron chi connectivity index (χ4n) is 8.69. The maximum absolute atomic E-state index is 6.69. The van der Waals surface area contributed by atoms with Crippen molar-refractivity contribution in [2.75, 3.05) is 9.80 Å². The van der Waals surface area contributed by atoms with E-state index in [1.54, 1.807) is 0 Å². The van der Waals surface area contributed by atoms with Gasteiger partial charge in [-0.25, -0.2) is 4.98 Å². The average Bonchev–Trinajstić information content (AvgIpc) is 3.94. The van der Waals surface area contributed by atoms with Gasteiger partial charge < -0.3 is 9.32 Å². The van der Waals surface area contributed by atoms with Crippen LogP contribution in [-0.4, -0.2) is 15.0 Å². The molecule has 6 nitrogen and oxygen atoms in total. The number of hydrogen-bond acceptors (Lipinski definition) is 7. The quantitative estimate of drug-likeness (QED) is 0.144. The Bertz CT molecular complexity index is 3570. The maximum Gasteiger partial charge on any atom is 0.238 e. The van der Waals surface area contributed by atoms with E-state index < -0.39 is 0 Å². The van der Waals surface area contributed by atoms with Gasteiger partial charge in [-0.15, -0.1) is 11.3 Å². The normalized spacial score (nSPS) is 11.4. The summed E-state index contributed by atoms with van der Waals surface area (Å²) in [7, 11) is 0. The molecule has 3 heterocycles. The van der Waals surface area contributed by atoms with Crippen LogP contribution in [0.5, 0.6) is 0 Å². The summed E-state index contributed by atoms with van der Waals surface area (Å²) in [5.74, 6) is 1.61. The molecule has 302 valence electrons. The van der Waals surface area contributed by atoms with E-state index in [2.05, 4.69) is 168 Å². The second-order valence-corrected chi connectivity index (χ2v) is 16.7. The van der Waals surface area contributed by atoms with Gasteiger partial charge in [-0.05, 0) is 102 Å². The van der Waals surface area contributed by atoms with Crippen LogP contribution in [0.15, 0.2) is 229 Å². The first-order valence-corrected chi connectivity index (χ1v) is 22.1. The molecule has 12 aromatic rings. The Morgan fingerprint density at radius 2 is 0.906 bits per heavy atom.